The second kappa shape index (κ2) is 4.47. The summed E-state index contributed by atoms with van der Waals surface area (Å²) in [7, 11) is 0. The predicted molar refractivity (Wildman–Crippen MR) is 63.7 cm³/mol. The van der Waals surface area contributed by atoms with Crippen LogP contribution in [0.25, 0.3) is 0 Å². The molecule has 4 N–H and O–H groups in total. The molecule has 88 valence electrons. The Labute approximate surface area is 102 Å². The predicted octanol–water partition coefficient (Wildman–Crippen LogP) is 2.66. The van der Waals surface area contributed by atoms with E-state index in [4.69, 9.17) is 10.2 Å². The van der Waals surface area contributed by atoms with Crippen molar-refractivity contribution < 1.29 is 20.4 Å². The van der Waals surface area contributed by atoms with Gasteiger partial charge in [-0.2, -0.15) is 0 Å². The van der Waals surface area contributed by atoms with Gasteiger partial charge in [0.05, 0.1) is 4.90 Å². The second-order valence-corrected chi connectivity index (χ2v) is 4.52. The zero-order valence-electron chi connectivity index (χ0n) is 8.66. The van der Waals surface area contributed by atoms with Gasteiger partial charge in [0.25, 0.3) is 0 Å². The number of phenolic OH excluding ortho intramolecular Hbond substituents is 4. The van der Waals surface area contributed by atoms with E-state index in [2.05, 4.69) is 0 Å². The molecule has 0 aliphatic carbocycles. The average molecular weight is 250 g/mol. The van der Waals surface area contributed by atoms with Gasteiger partial charge in [0.15, 0.2) is 11.5 Å². The number of benzene rings is 2. The molecule has 4 nitrogen and oxygen atoms in total. The maximum atomic E-state index is 9.58. The monoisotopic (exact) mass is 250 g/mol. The number of hydrogen-bond donors (Lipinski definition) is 4. The Morgan fingerprint density at radius 3 is 2.12 bits per heavy atom. The SMILES string of the molecule is Oc1ccc(Sc2ccc(O)c(O)c2)c(O)c1. The third-order valence-electron chi connectivity index (χ3n) is 2.12. The zero-order valence-corrected chi connectivity index (χ0v) is 9.48. The van der Waals surface area contributed by atoms with E-state index in [1.54, 1.807) is 12.1 Å². The molecule has 0 aliphatic rings. The Morgan fingerprint density at radius 1 is 0.706 bits per heavy atom. The van der Waals surface area contributed by atoms with Crippen LogP contribution in [0.1, 0.15) is 0 Å². The minimum atomic E-state index is -0.215. The van der Waals surface area contributed by atoms with E-state index < -0.39 is 0 Å². The van der Waals surface area contributed by atoms with E-state index >= 15 is 0 Å². The van der Waals surface area contributed by atoms with Crippen LogP contribution in [0.5, 0.6) is 23.0 Å². The quantitative estimate of drug-likeness (QED) is 0.616. The lowest BCUT2D eigenvalue weighted by atomic mass is 10.3. The first kappa shape index (κ1) is 11.5. The van der Waals surface area contributed by atoms with Crippen molar-refractivity contribution in [1.82, 2.24) is 0 Å². The molecular formula is C12H10O4S. The molecule has 0 spiro atoms. The molecular weight excluding hydrogens is 240 g/mol. The Kier molecular flexibility index (Phi) is 3.01. The minimum Gasteiger partial charge on any atom is -0.508 e. The van der Waals surface area contributed by atoms with Gasteiger partial charge in [0.1, 0.15) is 11.5 Å². The number of phenols is 4. The maximum absolute atomic E-state index is 9.58. The highest BCUT2D eigenvalue weighted by atomic mass is 32.2. The standard InChI is InChI=1S/C12H10O4S/c13-7-1-4-12(11(16)5-7)17-8-2-3-9(14)10(15)6-8/h1-6,13-16H. The van der Waals surface area contributed by atoms with Crippen molar-refractivity contribution in [3.63, 3.8) is 0 Å². The van der Waals surface area contributed by atoms with Gasteiger partial charge in [0.2, 0.25) is 0 Å². The summed E-state index contributed by atoms with van der Waals surface area (Å²) in [5.41, 5.74) is 0. The van der Waals surface area contributed by atoms with Crippen LogP contribution < -0.4 is 0 Å². The van der Waals surface area contributed by atoms with Crippen molar-refractivity contribution in [2.45, 2.75) is 9.79 Å². The van der Waals surface area contributed by atoms with Crippen LogP contribution in [0.3, 0.4) is 0 Å². The highest BCUT2D eigenvalue weighted by molar-refractivity contribution is 7.99. The number of hydrogen-bond acceptors (Lipinski definition) is 5. The van der Waals surface area contributed by atoms with Crippen molar-refractivity contribution in [2.24, 2.45) is 0 Å². The van der Waals surface area contributed by atoms with Crippen molar-refractivity contribution in [3.8, 4) is 23.0 Å². The minimum absolute atomic E-state index is 0.0135. The average Bonchev–Trinajstić information content (AvgIpc) is 2.27. The van der Waals surface area contributed by atoms with Gasteiger partial charge >= 0.3 is 0 Å². The van der Waals surface area contributed by atoms with Gasteiger partial charge in [-0.25, -0.2) is 0 Å². The molecule has 0 heterocycles. The molecule has 2 rings (SSSR count). The Morgan fingerprint density at radius 2 is 1.47 bits per heavy atom. The fourth-order valence-electron chi connectivity index (χ4n) is 1.29. The summed E-state index contributed by atoms with van der Waals surface area (Å²) in [6.07, 6.45) is 0. The van der Waals surface area contributed by atoms with Crippen LogP contribution in [0.2, 0.25) is 0 Å². The van der Waals surface area contributed by atoms with Gasteiger partial charge in [-0.3, -0.25) is 0 Å². The van der Waals surface area contributed by atoms with Gasteiger partial charge in [-0.15, -0.1) is 0 Å². The third-order valence-corrected chi connectivity index (χ3v) is 3.17. The third kappa shape index (κ3) is 2.57. The molecule has 0 unspecified atom stereocenters. The normalized spacial score (nSPS) is 10.4. The van der Waals surface area contributed by atoms with E-state index in [9.17, 15) is 10.2 Å². The molecule has 2 aromatic carbocycles. The molecule has 0 fully saturated rings. The molecule has 0 bridgehead atoms. The van der Waals surface area contributed by atoms with E-state index in [1.165, 1.54) is 36.0 Å². The summed E-state index contributed by atoms with van der Waals surface area (Å²) < 4.78 is 0. The van der Waals surface area contributed by atoms with E-state index in [1.807, 2.05) is 0 Å². The molecule has 0 atom stereocenters. The van der Waals surface area contributed by atoms with Gasteiger partial charge in [-0.05, 0) is 30.3 Å². The van der Waals surface area contributed by atoms with Gasteiger partial charge < -0.3 is 20.4 Å². The topological polar surface area (TPSA) is 80.9 Å². The highest BCUT2D eigenvalue weighted by Gasteiger charge is 2.06. The number of aromatic hydroxyl groups is 4. The first-order chi connectivity index (χ1) is 8.06. The molecule has 0 saturated heterocycles. The summed E-state index contributed by atoms with van der Waals surface area (Å²) in [6.45, 7) is 0. The fourth-order valence-corrected chi connectivity index (χ4v) is 2.15. The molecule has 2 aromatic rings. The molecule has 0 saturated carbocycles. The Hall–Kier alpha value is -2.01. The van der Waals surface area contributed by atoms with Crippen LogP contribution in [-0.2, 0) is 0 Å². The molecule has 0 radical (unpaired) electrons. The van der Waals surface area contributed by atoms with E-state index in [0.717, 1.165) is 0 Å². The fraction of sp³-hybridized carbons (Fsp3) is 0. The summed E-state index contributed by atoms with van der Waals surface area (Å²) in [5, 5.41) is 37.2. The first-order valence-corrected chi connectivity index (χ1v) is 5.60. The lowest BCUT2D eigenvalue weighted by molar-refractivity contribution is 0.402. The smallest absolute Gasteiger partial charge is 0.158 e. The Bertz CT molecular complexity index is 554. The Balaban J connectivity index is 2.28. The van der Waals surface area contributed by atoms with Crippen LogP contribution in [0.15, 0.2) is 46.2 Å². The van der Waals surface area contributed by atoms with Crippen molar-refractivity contribution in [3.05, 3.63) is 36.4 Å². The molecule has 0 aliphatic heterocycles. The molecule has 17 heavy (non-hydrogen) atoms. The van der Waals surface area contributed by atoms with E-state index in [-0.39, 0.29) is 23.0 Å². The van der Waals surface area contributed by atoms with Crippen molar-refractivity contribution in [2.75, 3.05) is 0 Å². The highest BCUT2D eigenvalue weighted by Crippen LogP contribution is 2.38. The summed E-state index contributed by atoms with van der Waals surface area (Å²) in [5.74, 6) is -0.458. The summed E-state index contributed by atoms with van der Waals surface area (Å²) in [4.78, 5) is 1.22. The van der Waals surface area contributed by atoms with Crippen LogP contribution in [0.4, 0.5) is 0 Å². The summed E-state index contributed by atoms with van der Waals surface area (Å²) >= 11 is 1.21. The van der Waals surface area contributed by atoms with Crippen LogP contribution in [-0.4, -0.2) is 20.4 Å². The zero-order chi connectivity index (χ0) is 12.4. The largest absolute Gasteiger partial charge is 0.508 e. The lowest BCUT2D eigenvalue weighted by Crippen LogP contribution is -1.76. The molecule has 0 amide bonds. The maximum Gasteiger partial charge on any atom is 0.158 e. The lowest BCUT2D eigenvalue weighted by Gasteiger charge is -2.05. The molecule has 0 aromatic heterocycles. The van der Waals surface area contributed by atoms with Crippen LogP contribution >= 0.6 is 11.8 Å². The van der Waals surface area contributed by atoms with Crippen LogP contribution in [0, 0.1) is 0 Å². The van der Waals surface area contributed by atoms with E-state index in [0.29, 0.717) is 9.79 Å². The van der Waals surface area contributed by atoms with Gasteiger partial charge in [0, 0.05) is 11.0 Å². The number of rotatable bonds is 2. The van der Waals surface area contributed by atoms with Gasteiger partial charge in [-0.1, -0.05) is 11.8 Å². The second-order valence-electron chi connectivity index (χ2n) is 3.40. The van der Waals surface area contributed by atoms with Crippen molar-refractivity contribution >= 4 is 11.8 Å². The first-order valence-electron chi connectivity index (χ1n) is 4.78. The molecule has 5 heteroatoms. The van der Waals surface area contributed by atoms with Crippen molar-refractivity contribution in [1.29, 1.82) is 0 Å². The summed E-state index contributed by atoms with van der Waals surface area (Å²) in [6, 6.07) is 8.65.